The van der Waals surface area contributed by atoms with Crippen LogP contribution in [-0.2, 0) is 6.54 Å². The molecule has 0 aliphatic heterocycles. The highest BCUT2D eigenvalue weighted by atomic mass is 16.2. The molecule has 0 radical (unpaired) electrons. The second-order valence-electron chi connectivity index (χ2n) is 6.07. The van der Waals surface area contributed by atoms with Crippen molar-refractivity contribution < 1.29 is 4.79 Å². The van der Waals surface area contributed by atoms with E-state index in [0.29, 0.717) is 17.9 Å². The number of hydrogen-bond acceptors (Lipinski definition) is 4. The Hall–Kier alpha value is -3.73. The van der Waals surface area contributed by atoms with Crippen LogP contribution in [0.1, 0.15) is 15.9 Å². The standard InChI is InChI=1S/C22H18N4O/c27-22(19-11-13-23-14-12-19)26-21(24-16-17-7-3-1-4-8-17)15-20(25-26)18-9-5-2-6-10-18/h1-15,24H,16H2. The summed E-state index contributed by atoms with van der Waals surface area (Å²) in [6, 6.07) is 25.1. The molecule has 0 fully saturated rings. The van der Waals surface area contributed by atoms with Gasteiger partial charge in [0.25, 0.3) is 5.91 Å². The lowest BCUT2D eigenvalue weighted by molar-refractivity contribution is 0.0948. The van der Waals surface area contributed by atoms with Crippen LogP contribution >= 0.6 is 0 Å². The molecule has 4 aromatic rings. The molecule has 0 aliphatic rings. The van der Waals surface area contributed by atoms with Gasteiger partial charge in [0.2, 0.25) is 0 Å². The van der Waals surface area contributed by atoms with Crippen LogP contribution < -0.4 is 5.32 Å². The number of hydrogen-bond donors (Lipinski definition) is 1. The third kappa shape index (κ3) is 3.77. The lowest BCUT2D eigenvalue weighted by Gasteiger charge is -2.08. The molecule has 0 saturated heterocycles. The zero-order chi connectivity index (χ0) is 18.5. The van der Waals surface area contributed by atoms with Crippen LogP contribution in [0.4, 0.5) is 5.82 Å². The number of anilines is 1. The lowest BCUT2D eigenvalue weighted by Crippen LogP contribution is -2.17. The monoisotopic (exact) mass is 354 g/mol. The maximum atomic E-state index is 13.0. The van der Waals surface area contributed by atoms with Gasteiger partial charge in [-0.2, -0.15) is 9.78 Å². The molecule has 0 aliphatic carbocycles. The molecular weight excluding hydrogens is 336 g/mol. The van der Waals surface area contributed by atoms with E-state index < -0.39 is 0 Å². The van der Waals surface area contributed by atoms with E-state index in [0.717, 1.165) is 16.8 Å². The van der Waals surface area contributed by atoms with Gasteiger partial charge in [0.15, 0.2) is 0 Å². The molecule has 5 nitrogen and oxygen atoms in total. The van der Waals surface area contributed by atoms with E-state index in [1.54, 1.807) is 24.5 Å². The molecule has 0 unspecified atom stereocenters. The molecule has 132 valence electrons. The molecule has 0 saturated carbocycles. The maximum Gasteiger partial charge on any atom is 0.280 e. The third-order valence-electron chi connectivity index (χ3n) is 4.22. The normalized spacial score (nSPS) is 10.5. The summed E-state index contributed by atoms with van der Waals surface area (Å²) < 4.78 is 1.42. The number of benzene rings is 2. The van der Waals surface area contributed by atoms with E-state index in [1.807, 2.05) is 66.7 Å². The van der Waals surface area contributed by atoms with E-state index in [4.69, 9.17) is 0 Å². The summed E-state index contributed by atoms with van der Waals surface area (Å²) in [5, 5.41) is 7.89. The number of rotatable bonds is 5. The highest BCUT2D eigenvalue weighted by Gasteiger charge is 2.17. The summed E-state index contributed by atoms with van der Waals surface area (Å²) in [7, 11) is 0. The van der Waals surface area contributed by atoms with Gasteiger partial charge in [-0.1, -0.05) is 60.7 Å². The number of aromatic nitrogens is 3. The van der Waals surface area contributed by atoms with E-state index in [-0.39, 0.29) is 5.91 Å². The fourth-order valence-corrected chi connectivity index (χ4v) is 2.82. The van der Waals surface area contributed by atoms with Crippen LogP contribution in [-0.4, -0.2) is 20.7 Å². The van der Waals surface area contributed by atoms with Gasteiger partial charge in [-0.05, 0) is 17.7 Å². The minimum atomic E-state index is -0.199. The first-order chi connectivity index (χ1) is 13.3. The Balaban J connectivity index is 1.69. The number of carbonyl (C=O) groups is 1. The summed E-state index contributed by atoms with van der Waals surface area (Å²) in [5.74, 6) is 0.453. The van der Waals surface area contributed by atoms with E-state index in [2.05, 4.69) is 15.4 Å². The molecule has 2 heterocycles. The average Bonchev–Trinajstić information content (AvgIpc) is 3.18. The summed E-state index contributed by atoms with van der Waals surface area (Å²) in [5.41, 5.74) is 3.37. The van der Waals surface area contributed by atoms with Crippen molar-refractivity contribution in [3.63, 3.8) is 0 Å². The third-order valence-corrected chi connectivity index (χ3v) is 4.22. The molecule has 0 spiro atoms. The van der Waals surface area contributed by atoms with Gasteiger partial charge in [0.05, 0.1) is 5.69 Å². The lowest BCUT2D eigenvalue weighted by atomic mass is 10.1. The summed E-state index contributed by atoms with van der Waals surface area (Å²) in [6.45, 7) is 0.602. The van der Waals surface area contributed by atoms with Crippen molar-refractivity contribution in [2.75, 3.05) is 5.32 Å². The fraction of sp³-hybridized carbons (Fsp3) is 0.0455. The Morgan fingerprint density at radius 1 is 0.889 bits per heavy atom. The first-order valence-electron chi connectivity index (χ1n) is 8.69. The van der Waals surface area contributed by atoms with Crippen molar-refractivity contribution in [3.05, 3.63) is 102 Å². The summed E-state index contributed by atoms with van der Waals surface area (Å²) in [4.78, 5) is 16.9. The van der Waals surface area contributed by atoms with Gasteiger partial charge in [-0.15, -0.1) is 0 Å². The number of nitrogens with one attached hydrogen (secondary N) is 1. The fourth-order valence-electron chi connectivity index (χ4n) is 2.82. The first kappa shape index (κ1) is 16.7. The minimum Gasteiger partial charge on any atom is -0.366 e. The van der Waals surface area contributed by atoms with Crippen molar-refractivity contribution in [1.82, 2.24) is 14.8 Å². The zero-order valence-corrected chi connectivity index (χ0v) is 14.6. The van der Waals surface area contributed by atoms with Gasteiger partial charge < -0.3 is 5.32 Å². The molecule has 4 rings (SSSR count). The maximum absolute atomic E-state index is 13.0. The van der Waals surface area contributed by atoms with Crippen LogP contribution in [0.5, 0.6) is 0 Å². The molecule has 2 aromatic heterocycles. The highest BCUT2D eigenvalue weighted by molar-refractivity contribution is 5.97. The Kier molecular flexibility index (Phi) is 4.74. The summed E-state index contributed by atoms with van der Waals surface area (Å²) >= 11 is 0. The SMILES string of the molecule is O=C(c1ccncc1)n1nc(-c2ccccc2)cc1NCc1ccccc1. The second-order valence-corrected chi connectivity index (χ2v) is 6.07. The van der Waals surface area contributed by atoms with Crippen molar-refractivity contribution >= 4 is 11.7 Å². The largest absolute Gasteiger partial charge is 0.366 e. The van der Waals surface area contributed by atoms with E-state index in [9.17, 15) is 4.79 Å². The molecule has 0 amide bonds. The average molecular weight is 354 g/mol. The Morgan fingerprint density at radius 2 is 1.56 bits per heavy atom. The first-order valence-corrected chi connectivity index (χ1v) is 8.69. The molecule has 0 atom stereocenters. The topological polar surface area (TPSA) is 59.8 Å². The second kappa shape index (κ2) is 7.66. The molecular formula is C22H18N4O. The van der Waals surface area contributed by atoms with Crippen LogP contribution in [0.3, 0.4) is 0 Å². The molecule has 1 N–H and O–H groups in total. The van der Waals surface area contributed by atoms with Crippen LogP contribution in [0.15, 0.2) is 91.3 Å². The quantitative estimate of drug-likeness (QED) is 0.582. The Bertz CT molecular complexity index is 1030. The van der Waals surface area contributed by atoms with Crippen molar-refractivity contribution in [3.8, 4) is 11.3 Å². The minimum absolute atomic E-state index is 0.199. The Labute approximate surface area is 157 Å². The smallest absolute Gasteiger partial charge is 0.280 e. The van der Waals surface area contributed by atoms with Crippen LogP contribution in [0, 0.1) is 0 Å². The predicted molar refractivity (Wildman–Crippen MR) is 105 cm³/mol. The van der Waals surface area contributed by atoms with E-state index >= 15 is 0 Å². The van der Waals surface area contributed by atoms with Crippen LogP contribution in [0.2, 0.25) is 0 Å². The van der Waals surface area contributed by atoms with Crippen molar-refractivity contribution in [1.29, 1.82) is 0 Å². The van der Waals surface area contributed by atoms with Crippen LogP contribution in [0.25, 0.3) is 11.3 Å². The number of carbonyl (C=O) groups excluding carboxylic acids is 1. The van der Waals surface area contributed by atoms with Gasteiger partial charge in [-0.25, -0.2) is 0 Å². The number of pyridine rings is 1. The van der Waals surface area contributed by atoms with E-state index in [1.165, 1.54) is 4.68 Å². The van der Waals surface area contributed by atoms with Crippen molar-refractivity contribution in [2.45, 2.75) is 6.54 Å². The predicted octanol–water partition coefficient (Wildman–Crippen LogP) is 4.25. The molecule has 2 aromatic carbocycles. The highest BCUT2D eigenvalue weighted by Crippen LogP contribution is 2.23. The van der Waals surface area contributed by atoms with Gasteiger partial charge in [0.1, 0.15) is 5.82 Å². The van der Waals surface area contributed by atoms with Gasteiger partial charge in [-0.3, -0.25) is 9.78 Å². The zero-order valence-electron chi connectivity index (χ0n) is 14.6. The Morgan fingerprint density at radius 3 is 2.26 bits per heavy atom. The van der Waals surface area contributed by atoms with Gasteiger partial charge in [0, 0.05) is 36.1 Å². The van der Waals surface area contributed by atoms with Gasteiger partial charge >= 0.3 is 0 Å². The summed E-state index contributed by atoms with van der Waals surface area (Å²) in [6.07, 6.45) is 3.21. The molecule has 5 heteroatoms. The van der Waals surface area contributed by atoms with Crippen molar-refractivity contribution in [2.24, 2.45) is 0 Å². The molecule has 27 heavy (non-hydrogen) atoms. The number of nitrogens with zero attached hydrogens (tertiary/aromatic N) is 3. The molecule has 0 bridgehead atoms.